The van der Waals surface area contributed by atoms with Crippen LogP contribution in [-0.4, -0.2) is 25.0 Å². The Morgan fingerprint density at radius 1 is 0.400 bits per heavy atom. The van der Waals surface area contributed by atoms with E-state index in [1.54, 1.807) is 0 Å². The summed E-state index contributed by atoms with van der Waals surface area (Å²) in [4.78, 5) is 2.53. The SMILES string of the molecule is CCCCCCCCC(CCCCCCCC)CCCCCCCN(C)CCCC. The number of hydrogen-bond acceptors (Lipinski definition) is 1. The zero-order chi connectivity index (χ0) is 22.1. The Bertz CT molecular complexity index is 285. The van der Waals surface area contributed by atoms with Crippen LogP contribution in [0.3, 0.4) is 0 Å². The molecule has 1 nitrogen and oxygen atoms in total. The molecule has 0 heterocycles. The van der Waals surface area contributed by atoms with Crippen LogP contribution in [0.1, 0.15) is 162 Å². The van der Waals surface area contributed by atoms with Crippen molar-refractivity contribution in [1.82, 2.24) is 4.90 Å². The molecule has 0 amide bonds. The lowest BCUT2D eigenvalue weighted by atomic mass is 9.89. The largest absolute Gasteiger partial charge is 0.306 e. The maximum atomic E-state index is 2.53. The van der Waals surface area contributed by atoms with Crippen LogP contribution in [-0.2, 0) is 0 Å². The van der Waals surface area contributed by atoms with Crippen molar-refractivity contribution in [2.24, 2.45) is 5.92 Å². The van der Waals surface area contributed by atoms with Crippen LogP contribution in [0, 0.1) is 5.92 Å². The van der Waals surface area contributed by atoms with Gasteiger partial charge < -0.3 is 4.90 Å². The first-order valence-corrected chi connectivity index (χ1v) is 14.4. The number of nitrogens with zero attached hydrogens (tertiary/aromatic N) is 1. The van der Waals surface area contributed by atoms with Gasteiger partial charge in [0.2, 0.25) is 0 Å². The number of hydrogen-bond donors (Lipinski definition) is 0. The maximum Gasteiger partial charge on any atom is -0.00218 e. The third kappa shape index (κ3) is 22.6. The molecule has 0 aromatic carbocycles. The van der Waals surface area contributed by atoms with Gasteiger partial charge in [-0.25, -0.2) is 0 Å². The third-order valence-electron chi connectivity index (χ3n) is 6.98. The second kappa shape index (κ2) is 25.2. The van der Waals surface area contributed by atoms with E-state index in [0.29, 0.717) is 0 Å². The van der Waals surface area contributed by atoms with Crippen molar-refractivity contribution in [1.29, 1.82) is 0 Å². The molecule has 1 heteroatoms. The highest BCUT2D eigenvalue weighted by atomic mass is 15.1. The highest BCUT2D eigenvalue weighted by molar-refractivity contribution is 4.62. The highest BCUT2D eigenvalue weighted by Gasteiger charge is 2.09. The molecule has 0 spiro atoms. The van der Waals surface area contributed by atoms with Crippen molar-refractivity contribution in [3.05, 3.63) is 0 Å². The minimum Gasteiger partial charge on any atom is -0.306 e. The number of unbranched alkanes of at least 4 members (excludes halogenated alkanes) is 15. The first-order valence-electron chi connectivity index (χ1n) is 14.4. The molecule has 0 saturated heterocycles. The molecule has 0 unspecified atom stereocenters. The Labute approximate surface area is 193 Å². The van der Waals surface area contributed by atoms with Crippen molar-refractivity contribution >= 4 is 0 Å². The molecule has 0 rings (SSSR count). The van der Waals surface area contributed by atoms with E-state index >= 15 is 0 Å². The summed E-state index contributed by atoms with van der Waals surface area (Å²) in [6.45, 7) is 9.52. The van der Waals surface area contributed by atoms with Gasteiger partial charge >= 0.3 is 0 Å². The lowest BCUT2D eigenvalue weighted by Crippen LogP contribution is -2.20. The van der Waals surface area contributed by atoms with Crippen LogP contribution in [0.4, 0.5) is 0 Å². The second-order valence-corrected chi connectivity index (χ2v) is 10.2. The lowest BCUT2D eigenvalue weighted by molar-refractivity contribution is 0.317. The fourth-order valence-electron chi connectivity index (χ4n) is 4.74. The Hall–Kier alpha value is -0.0400. The zero-order valence-electron chi connectivity index (χ0n) is 22.0. The molecule has 0 aromatic heterocycles. The Morgan fingerprint density at radius 3 is 1.17 bits per heavy atom. The predicted octanol–water partition coefficient (Wildman–Crippen LogP) is 10.2. The fraction of sp³-hybridized carbons (Fsp3) is 1.00. The average Bonchev–Trinajstić information content (AvgIpc) is 2.75. The van der Waals surface area contributed by atoms with Gasteiger partial charge in [0, 0.05) is 0 Å². The van der Waals surface area contributed by atoms with Crippen molar-refractivity contribution in [3.63, 3.8) is 0 Å². The van der Waals surface area contributed by atoms with Crippen LogP contribution in [0.15, 0.2) is 0 Å². The first-order chi connectivity index (χ1) is 14.7. The minimum atomic E-state index is 1.03. The van der Waals surface area contributed by atoms with Gasteiger partial charge in [0.05, 0.1) is 0 Å². The van der Waals surface area contributed by atoms with E-state index in [0.717, 1.165) is 5.92 Å². The Morgan fingerprint density at radius 2 is 0.733 bits per heavy atom. The Balaban J connectivity index is 3.82. The minimum absolute atomic E-state index is 1.03. The summed E-state index contributed by atoms with van der Waals surface area (Å²) in [5.74, 6) is 1.03. The average molecular weight is 424 g/mol. The maximum absolute atomic E-state index is 2.53. The van der Waals surface area contributed by atoms with E-state index < -0.39 is 0 Å². The molecule has 0 aliphatic rings. The topological polar surface area (TPSA) is 3.24 Å². The molecule has 0 aliphatic heterocycles. The van der Waals surface area contributed by atoms with Gasteiger partial charge in [0.25, 0.3) is 0 Å². The van der Waals surface area contributed by atoms with E-state index in [4.69, 9.17) is 0 Å². The third-order valence-corrected chi connectivity index (χ3v) is 6.98. The van der Waals surface area contributed by atoms with E-state index in [1.807, 2.05) is 0 Å². The van der Waals surface area contributed by atoms with Crippen LogP contribution < -0.4 is 0 Å². The Kier molecular flexibility index (Phi) is 25.2. The summed E-state index contributed by atoms with van der Waals surface area (Å²) in [6, 6.07) is 0. The lowest BCUT2D eigenvalue weighted by Gasteiger charge is -2.17. The monoisotopic (exact) mass is 423 g/mol. The van der Waals surface area contributed by atoms with Crippen LogP contribution >= 0.6 is 0 Å². The summed E-state index contributed by atoms with van der Waals surface area (Å²) in [5, 5.41) is 0. The summed E-state index contributed by atoms with van der Waals surface area (Å²) >= 11 is 0. The van der Waals surface area contributed by atoms with Crippen molar-refractivity contribution in [2.75, 3.05) is 20.1 Å². The van der Waals surface area contributed by atoms with E-state index in [9.17, 15) is 0 Å². The molecule has 0 atom stereocenters. The summed E-state index contributed by atoms with van der Waals surface area (Å²) < 4.78 is 0. The quantitative estimate of drug-likeness (QED) is 0.132. The van der Waals surface area contributed by atoms with Crippen LogP contribution in [0.25, 0.3) is 0 Å². The number of rotatable bonds is 25. The van der Waals surface area contributed by atoms with Gasteiger partial charge in [0.15, 0.2) is 0 Å². The molecule has 0 radical (unpaired) electrons. The van der Waals surface area contributed by atoms with E-state index in [-0.39, 0.29) is 0 Å². The summed E-state index contributed by atoms with van der Waals surface area (Å²) in [5.41, 5.74) is 0. The predicted molar refractivity (Wildman–Crippen MR) is 140 cm³/mol. The molecule has 0 saturated carbocycles. The second-order valence-electron chi connectivity index (χ2n) is 10.2. The molecular weight excluding hydrogens is 362 g/mol. The van der Waals surface area contributed by atoms with Crippen molar-refractivity contribution in [2.45, 2.75) is 162 Å². The van der Waals surface area contributed by atoms with E-state index in [1.165, 1.54) is 154 Å². The molecular formula is C29H61N. The highest BCUT2D eigenvalue weighted by Crippen LogP contribution is 2.24. The van der Waals surface area contributed by atoms with Gasteiger partial charge in [0.1, 0.15) is 0 Å². The summed E-state index contributed by atoms with van der Waals surface area (Å²) in [7, 11) is 2.30. The summed E-state index contributed by atoms with van der Waals surface area (Å²) in [6.07, 6.45) is 32.0. The normalized spacial score (nSPS) is 11.8. The van der Waals surface area contributed by atoms with Gasteiger partial charge in [-0.15, -0.1) is 0 Å². The fourth-order valence-corrected chi connectivity index (χ4v) is 4.74. The van der Waals surface area contributed by atoms with Gasteiger partial charge in [-0.3, -0.25) is 0 Å². The van der Waals surface area contributed by atoms with Crippen molar-refractivity contribution in [3.8, 4) is 0 Å². The standard InChI is InChI=1S/C29H61N/c1-5-8-11-13-16-20-24-29(25-21-17-14-12-9-6-2)26-22-18-15-19-23-28-30(4)27-10-7-3/h29H,5-28H2,1-4H3. The molecule has 182 valence electrons. The molecule has 0 aromatic rings. The molecule has 0 fully saturated rings. The molecule has 0 N–H and O–H groups in total. The molecule has 30 heavy (non-hydrogen) atoms. The van der Waals surface area contributed by atoms with Crippen LogP contribution in [0.5, 0.6) is 0 Å². The van der Waals surface area contributed by atoms with Crippen LogP contribution in [0.2, 0.25) is 0 Å². The molecule has 0 bridgehead atoms. The van der Waals surface area contributed by atoms with E-state index in [2.05, 4.69) is 32.7 Å². The van der Waals surface area contributed by atoms with Gasteiger partial charge in [-0.2, -0.15) is 0 Å². The van der Waals surface area contributed by atoms with Gasteiger partial charge in [-0.1, -0.05) is 149 Å². The first kappa shape index (κ1) is 30.0. The zero-order valence-corrected chi connectivity index (χ0v) is 22.0. The smallest absolute Gasteiger partial charge is 0.00218 e. The van der Waals surface area contributed by atoms with Gasteiger partial charge in [-0.05, 0) is 38.9 Å². The van der Waals surface area contributed by atoms with Crippen molar-refractivity contribution < 1.29 is 0 Å². The molecule has 0 aliphatic carbocycles.